The molecule has 0 aromatic heterocycles. The third-order valence-corrected chi connectivity index (χ3v) is 4.11. The van der Waals surface area contributed by atoms with Crippen molar-refractivity contribution in [3.8, 4) is 0 Å². The number of hydrogen-bond acceptors (Lipinski definition) is 3. The summed E-state index contributed by atoms with van der Waals surface area (Å²) in [5, 5.41) is 4.01. The molecule has 5 heteroatoms. The number of ether oxygens (including phenoxy) is 2. The fourth-order valence-electron chi connectivity index (χ4n) is 2.47. The molecule has 4 nitrogen and oxygen atoms in total. The van der Waals surface area contributed by atoms with E-state index in [9.17, 15) is 4.79 Å². The molecule has 2 atom stereocenters. The zero-order valence-electron chi connectivity index (χ0n) is 14.3. The quantitative estimate of drug-likeness (QED) is 0.674. The Morgan fingerprint density at radius 3 is 2.62 bits per heavy atom. The molecule has 1 aromatic rings. The Balaban J connectivity index is 2.42. The van der Waals surface area contributed by atoms with Crippen molar-refractivity contribution in [3.63, 3.8) is 0 Å². The predicted molar refractivity (Wildman–Crippen MR) is 101 cm³/mol. The first-order chi connectivity index (χ1) is 11.5. The third-order valence-electron chi connectivity index (χ3n) is 3.73. The van der Waals surface area contributed by atoms with Crippen LogP contribution in [0.5, 0.6) is 0 Å². The van der Waals surface area contributed by atoms with Gasteiger partial charge >= 0.3 is 0 Å². The summed E-state index contributed by atoms with van der Waals surface area (Å²) < 4.78 is 11.1. The first kappa shape index (κ1) is 18.3. The summed E-state index contributed by atoms with van der Waals surface area (Å²) in [5.74, 6) is 1.10. The molecule has 1 aliphatic rings. The molecule has 2 unspecified atom stereocenters. The zero-order chi connectivity index (χ0) is 17.5. The molecule has 1 aliphatic heterocycles. The van der Waals surface area contributed by atoms with E-state index in [2.05, 4.69) is 14.6 Å². The van der Waals surface area contributed by atoms with Gasteiger partial charge in [0.2, 0.25) is 5.91 Å². The van der Waals surface area contributed by atoms with Crippen LogP contribution in [0.15, 0.2) is 53.5 Å². The van der Waals surface area contributed by atoms with E-state index < -0.39 is 0 Å². The van der Waals surface area contributed by atoms with Gasteiger partial charge in [0.05, 0.1) is 13.7 Å². The maximum atomic E-state index is 12.5. The Hall–Kier alpha value is -2.06. The summed E-state index contributed by atoms with van der Waals surface area (Å²) in [4.78, 5) is 12.5. The summed E-state index contributed by atoms with van der Waals surface area (Å²) in [5.41, 5.74) is 1.68. The van der Waals surface area contributed by atoms with Crippen LogP contribution < -0.4 is 10.6 Å². The number of methoxy groups -OCH3 is 1. The lowest BCUT2D eigenvalue weighted by Gasteiger charge is -2.14. The van der Waals surface area contributed by atoms with Crippen molar-refractivity contribution in [2.45, 2.75) is 13.8 Å². The van der Waals surface area contributed by atoms with E-state index in [0.29, 0.717) is 30.2 Å². The molecule has 1 N–H and O–H groups in total. The van der Waals surface area contributed by atoms with Crippen LogP contribution in [0.4, 0.5) is 0 Å². The molecule has 0 bridgehead atoms. The molecule has 1 amide bonds. The zero-order valence-corrected chi connectivity index (χ0v) is 15.5. The number of hydrogen-bond donors (Lipinski definition) is 1. The second kappa shape index (κ2) is 8.70. The molecular formula is C19H24NO3P. The van der Waals surface area contributed by atoms with Crippen molar-refractivity contribution in [1.82, 2.24) is 5.32 Å². The Labute approximate surface area is 145 Å². The van der Waals surface area contributed by atoms with Crippen LogP contribution in [-0.2, 0) is 14.3 Å². The lowest BCUT2D eigenvalue weighted by molar-refractivity contribution is -0.117. The first-order valence-electron chi connectivity index (χ1n) is 7.99. The normalized spacial score (nSPS) is 24.6. The van der Waals surface area contributed by atoms with Gasteiger partial charge in [0.15, 0.2) is 11.5 Å². The average molecular weight is 345 g/mol. The minimum absolute atomic E-state index is 0.0850. The van der Waals surface area contributed by atoms with Crippen molar-refractivity contribution in [1.29, 1.82) is 0 Å². The lowest BCUT2D eigenvalue weighted by atomic mass is 9.96. The number of rotatable bonds is 4. The molecule has 0 saturated heterocycles. The van der Waals surface area contributed by atoms with Crippen LogP contribution in [-0.4, -0.2) is 26.2 Å². The number of benzene rings is 1. The van der Waals surface area contributed by atoms with E-state index >= 15 is 0 Å². The Bertz CT molecular complexity index is 674. The Morgan fingerprint density at radius 2 is 2.00 bits per heavy atom. The Morgan fingerprint density at radius 1 is 1.29 bits per heavy atom. The number of carbonyl (C=O) groups excluding carboxylic acids is 1. The van der Waals surface area contributed by atoms with E-state index in [1.54, 1.807) is 7.11 Å². The van der Waals surface area contributed by atoms with E-state index in [4.69, 9.17) is 9.47 Å². The Kier molecular flexibility index (Phi) is 6.62. The van der Waals surface area contributed by atoms with Crippen molar-refractivity contribution in [2.75, 3.05) is 20.3 Å². The highest BCUT2D eigenvalue weighted by Gasteiger charge is 2.20. The summed E-state index contributed by atoms with van der Waals surface area (Å²) in [6, 6.07) is 7.99. The fraction of sp³-hybridized carbons (Fsp3) is 0.316. The summed E-state index contributed by atoms with van der Waals surface area (Å²) in [7, 11) is 4.26. The van der Waals surface area contributed by atoms with Gasteiger partial charge in [-0.3, -0.25) is 4.79 Å². The van der Waals surface area contributed by atoms with Gasteiger partial charge in [-0.15, -0.1) is 9.24 Å². The number of nitrogens with one attached hydrogen (secondary N) is 1. The highest BCUT2D eigenvalue weighted by molar-refractivity contribution is 7.27. The average Bonchev–Trinajstić information content (AvgIpc) is 2.61. The van der Waals surface area contributed by atoms with Crippen molar-refractivity contribution < 1.29 is 14.3 Å². The van der Waals surface area contributed by atoms with Gasteiger partial charge in [-0.2, -0.15) is 0 Å². The largest absolute Gasteiger partial charge is 0.493 e. The second-order valence-corrected chi connectivity index (χ2v) is 6.17. The van der Waals surface area contributed by atoms with Crippen molar-refractivity contribution >= 4 is 26.5 Å². The minimum atomic E-state index is -0.112. The van der Waals surface area contributed by atoms with Gasteiger partial charge < -0.3 is 14.8 Å². The standard InChI is InChI=1S/C19H24NO3P/c1-4-23-18-11-13(2)16(12-14-5-7-15(24)8-6-14)19(21)20-10-9-17(18)22-3/h5-9,11-13H,4,10,24H2,1-3H3,(H,20,21)/b16-12-,17-9+,18-11+. The smallest absolute Gasteiger partial charge is 0.248 e. The highest BCUT2D eigenvalue weighted by Crippen LogP contribution is 2.23. The van der Waals surface area contributed by atoms with Crippen LogP contribution in [0, 0.1) is 5.92 Å². The molecule has 1 aromatic carbocycles. The lowest BCUT2D eigenvalue weighted by Crippen LogP contribution is -2.27. The SMILES string of the molecule is CCOC1=C/C(C)/C(=C/c2ccc(P)cc2)C(=O)NC/C=C\1OC. The number of carbonyl (C=O) groups is 1. The van der Waals surface area contributed by atoms with Gasteiger partial charge in [0.25, 0.3) is 0 Å². The van der Waals surface area contributed by atoms with Gasteiger partial charge in [-0.05, 0) is 36.0 Å². The van der Waals surface area contributed by atoms with Crippen LogP contribution in [0.2, 0.25) is 0 Å². The second-order valence-electron chi connectivity index (χ2n) is 5.50. The topological polar surface area (TPSA) is 47.6 Å². The van der Waals surface area contributed by atoms with Gasteiger partial charge in [-0.25, -0.2) is 0 Å². The molecule has 128 valence electrons. The summed E-state index contributed by atoms with van der Waals surface area (Å²) in [6.45, 7) is 4.83. The van der Waals surface area contributed by atoms with Crippen LogP contribution in [0.3, 0.4) is 0 Å². The summed E-state index contributed by atoms with van der Waals surface area (Å²) in [6.07, 6.45) is 5.67. The van der Waals surface area contributed by atoms with Gasteiger partial charge in [-0.1, -0.05) is 31.2 Å². The molecule has 0 fully saturated rings. The molecular weight excluding hydrogens is 321 g/mol. The van der Waals surface area contributed by atoms with Crippen LogP contribution >= 0.6 is 9.24 Å². The van der Waals surface area contributed by atoms with Crippen LogP contribution in [0.25, 0.3) is 6.08 Å². The first-order valence-corrected chi connectivity index (χ1v) is 8.57. The van der Waals surface area contributed by atoms with E-state index in [-0.39, 0.29) is 11.8 Å². The predicted octanol–water partition coefficient (Wildman–Crippen LogP) is 2.79. The highest BCUT2D eigenvalue weighted by atomic mass is 31.0. The number of amides is 1. The van der Waals surface area contributed by atoms with Crippen molar-refractivity contribution in [2.24, 2.45) is 5.92 Å². The van der Waals surface area contributed by atoms with E-state index in [1.807, 2.05) is 56.3 Å². The molecule has 24 heavy (non-hydrogen) atoms. The van der Waals surface area contributed by atoms with E-state index in [0.717, 1.165) is 10.9 Å². The summed E-state index contributed by atoms with van der Waals surface area (Å²) >= 11 is 0. The van der Waals surface area contributed by atoms with E-state index in [1.165, 1.54) is 0 Å². The minimum Gasteiger partial charge on any atom is -0.493 e. The number of allylic oxidation sites excluding steroid dienone is 1. The molecule has 2 rings (SSSR count). The molecule has 0 aliphatic carbocycles. The molecule has 0 spiro atoms. The van der Waals surface area contributed by atoms with Crippen molar-refractivity contribution in [3.05, 3.63) is 59.1 Å². The third kappa shape index (κ3) is 4.72. The van der Waals surface area contributed by atoms with Gasteiger partial charge in [0.1, 0.15) is 0 Å². The van der Waals surface area contributed by atoms with Gasteiger partial charge in [0, 0.05) is 18.0 Å². The molecule has 0 radical (unpaired) electrons. The monoisotopic (exact) mass is 345 g/mol. The van der Waals surface area contributed by atoms with Crippen LogP contribution in [0.1, 0.15) is 19.4 Å². The fourth-order valence-corrected chi connectivity index (χ4v) is 2.66. The molecule has 1 heterocycles. The molecule has 0 saturated carbocycles. The maximum absolute atomic E-state index is 12.5. The maximum Gasteiger partial charge on any atom is 0.248 e.